The molecule has 8 heteroatoms. The van der Waals surface area contributed by atoms with Gasteiger partial charge < -0.3 is 10.2 Å². The zero-order valence-electron chi connectivity index (χ0n) is 17.6. The Morgan fingerprint density at radius 2 is 1.71 bits per heavy atom. The van der Waals surface area contributed by atoms with Gasteiger partial charge in [-0.25, -0.2) is 5.43 Å². The molecule has 1 atom stereocenters. The number of benzene rings is 2. The first-order valence-corrected chi connectivity index (χ1v) is 11.0. The largest absolute Gasteiger partial charge is 0.372 e. The van der Waals surface area contributed by atoms with Gasteiger partial charge in [-0.3, -0.25) is 9.59 Å². The van der Waals surface area contributed by atoms with E-state index in [1.54, 1.807) is 18.3 Å². The zero-order valence-corrected chi connectivity index (χ0v) is 19.1. The van der Waals surface area contributed by atoms with E-state index in [2.05, 4.69) is 32.9 Å². The molecule has 2 amide bonds. The second-order valence-corrected chi connectivity index (χ2v) is 8.66. The quantitative estimate of drug-likeness (QED) is 0.471. The summed E-state index contributed by atoms with van der Waals surface area (Å²) in [7, 11) is 0. The molecule has 1 fully saturated rings. The molecule has 1 unspecified atom stereocenters. The van der Waals surface area contributed by atoms with E-state index in [0.29, 0.717) is 10.6 Å². The van der Waals surface area contributed by atoms with Crippen LogP contribution in [0.3, 0.4) is 0 Å². The molecule has 3 rings (SSSR count). The fourth-order valence-electron chi connectivity index (χ4n) is 3.38. The van der Waals surface area contributed by atoms with Crippen molar-refractivity contribution in [3.8, 4) is 0 Å². The smallest absolute Gasteiger partial charge is 0.262 e. The Morgan fingerprint density at radius 3 is 2.32 bits per heavy atom. The third-order valence-electron chi connectivity index (χ3n) is 5.17. The average molecular weight is 461 g/mol. The van der Waals surface area contributed by atoms with Crippen molar-refractivity contribution in [2.24, 2.45) is 11.0 Å². The fraction of sp³-hybridized carbons (Fsp3) is 0.348. The van der Waals surface area contributed by atoms with Crippen molar-refractivity contribution in [1.29, 1.82) is 0 Å². The topological polar surface area (TPSA) is 73.8 Å². The summed E-state index contributed by atoms with van der Waals surface area (Å²) in [6.45, 7) is 5.88. The average Bonchev–Trinajstić information content (AvgIpc) is 3.29. The Labute approximate surface area is 192 Å². The summed E-state index contributed by atoms with van der Waals surface area (Å²) in [6, 6.07) is 11.9. The van der Waals surface area contributed by atoms with Crippen molar-refractivity contribution in [3.63, 3.8) is 0 Å². The molecule has 2 aromatic carbocycles. The standard InChI is InChI=1S/C23H26Cl2N4O2/c1-15(2)21(27-22(30)17-7-10-19(24)20(25)13-17)23(31)28-26-14-16-5-8-18(9-6-16)29-11-3-4-12-29/h5-10,13-15,21H,3-4,11-12H2,1-2H3,(H,27,30)(H,28,31). The van der Waals surface area contributed by atoms with Crippen LogP contribution in [0.4, 0.5) is 5.69 Å². The highest BCUT2D eigenvalue weighted by atomic mass is 35.5. The van der Waals surface area contributed by atoms with E-state index in [-0.39, 0.29) is 10.9 Å². The third-order valence-corrected chi connectivity index (χ3v) is 5.91. The van der Waals surface area contributed by atoms with E-state index in [1.807, 2.05) is 26.0 Å². The van der Waals surface area contributed by atoms with Crippen molar-refractivity contribution in [2.75, 3.05) is 18.0 Å². The number of anilines is 1. The molecular formula is C23H26Cl2N4O2. The number of halogens is 2. The van der Waals surface area contributed by atoms with Gasteiger partial charge >= 0.3 is 0 Å². The number of carbonyl (C=O) groups is 2. The lowest BCUT2D eigenvalue weighted by atomic mass is 10.0. The maximum Gasteiger partial charge on any atom is 0.262 e. The number of hydrogen-bond acceptors (Lipinski definition) is 4. The molecule has 1 aliphatic rings. The van der Waals surface area contributed by atoms with Gasteiger partial charge in [-0.2, -0.15) is 5.10 Å². The minimum absolute atomic E-state index is 0.137. The molecule has 1 saturated heterocycles. The molecule has 0 saturated carbocycles. The Morgan fingerprint density at radius 1 is 1.03 bits per heavy atom. The van der Waals surface area contributed by atoms with Crippen LogP contribution in [0.1, 0.15) is 42.6 Å². The van der Waals surface area contributed by atoms with Crippen molar-refractivity contribution in [2.45, 2.75) is 32.7 Å². The number of carbonyl (C=O) groups excluding carboxylic acids is 2. The molecular weight excluding hydrogens is 435 g/mol. The van der Waals surface area contributed by atoms with Crippen molar-refractivity contribution >= 4 is 46.9 Å². The van der Waals surface area contributed by atoms with E-state index in [1.165, 1.54) is 24.6 Å². The molecule has 0 spiro atoms. The van der Waals surface area contributed by atoms with Gasteiger partial charge in [-0.05, 0) is 54.7 Å². The molecule has 2 N–H and O–H groups in total. The van der Waals surface area contributed by atoms with Crippen LogP contribution in [0.15, 0.2) is 47.6 Å². The van der Waals surface area contributed by atoms with Crippen molar-refractivity contribution in [3.05, 3.63) is 63.6 Å². The molecule has 0 aromatic heterocycles. The number of hydrogen-bond donors (Lipinski definition) is 2. The number of nitrogens with zero attached hydrogens (tertiary/aromatic N) is 2. The van der Waals surface area contributed by atoms with Crippen LogP contribution in [-0.4, -0.2) is 37.2 Å². The van der Waals surface area contributed by atoms with Gasteiger partial charge in [0.1, 0.15) is 6.04 Å². The molecule has 2 aromatic rings. The highest BCUT2D eigenvalue weighted by Gasteiger charge is 2.24. The third kappa shape index (κ3) is 6.21. The second kappa shape index (κ2) is 10.6. The Bertz CT molecular complexity index is 955. The van der Waals surface area contributed by atoms with Gasteiger partial charge in [0.2, 0.25) is 0 Å². The minimum atomic E-state index is -0.753. The lowest BCUT2D eigenvalue weighted by molar-refractivity contribution is -0.123. The van der Waals surface area contributed by atoms with Gasteiger partial charge in [0.25, 0.3) is 11.8 Å². The van der Waals surface area contributed by atoms with Crippen LogP contribution >= 0.6 is 23.2 Å². The summed E-state index contributed by atoms with van der Waals surface area (Å²) in [5, 5.41) is 7.42. The molecule has 6 nitrogen and oxygen atoms in total. The summed E-state index contributed by atoms with van der Waals surface area (Å²) >= 11 is 11.9. The van der Waals surface area contributed by atoms with Crippen LogP contribution in [-0.2, 0) is 4.79 Å². The first-order chi connectivity index (χ1) is 14.8. The zero-order chi connectivity index (χ0) is 22.4. The van der Waals surface area contributed by atoms with Crippen LogP contribution < -0.4 is 15.6 Å². The highest BCUT2D eigenvalue weighted by molar-refractivity contribution is 6.42. The minimum Gasteiger partial charge on any atom is -0.372 e. The first-order valence-electron chi connectivity index (χ1n) is 10.3. The predicted molar refractivity (Wildman–Crippen MR) is 126 cm³/mol. The molecule has 0 aliphatic carbocycles. The van der Waals surface area contributed by atoms with E-state index in [9.17, 15) is 9.59 Å². The number of hydrazone groups is 1. The lowest BCUT2D eigenvalue weighted by Gasteiger charge is -2.20. The fourth-order valence-corrected chi connectivity index (χ4v) is 3.68. The molecule has 0 bridgehead atoms. The number of rotatable bonds is 7. The van der Waals surface area contributed by atoms with E-state index in [0.717, 1.165) is 18.7 Å². The van der Waals surface area contributed by atoms with Gasteiger partial charge in [0.15, 0.2) is 0 Å². The number of nitrogens with one attached hydrogen (secondary N) is 2. The van der Waals surface area contributed by atoms with E-state index in [4.69, 9.17) is 23.2 Å². The monoisotopic (exact) mass is 460 g/mol. The van der Waals surface area contributed by atoms with Gasteiger partial charge in [-0.15, -0.1) is 0 Å². The van der Waals surface area contributed by atoms with Crippen molar-refractivity contribution < 1.29 is 9.59 Å². The van der Waals surface area contributed by atoms with Gasteiger partial charge in [0.05, 0.1) is 16.3 Å². The number of amides is 2. The maximum absolute atomic E-state index is 12.6. The maximum atomic E-state index is 12.6. The van der Waals surface area contributed by atoms with Crippen molar-refractivity contribution in [1.82, 2.24) is 10.7 Å². The predicted octanol–water partition coefficient (Wildman–Crippen LogP) is 4.50. The van der Waals surface area contributed by atoms with Gasteiger partial charge in [0, 0.05) is 24.3 Å². The normalized spacial score (nSPS) is 14.8. The summed E-state index contributed by atoms with van der Waals surface area (Å²) in [6.07, 6.45) is 4.05. The van der Waals surface area contributed by atoms with Crippen LogP contribution in [0, 0.1) is 5.92 Å². The Balaban J connectivity index is 1.58. The molecule has 1 heterocycles. The molecule has 31 heavy (non-hydrogen) atoms. The summed E-state index contributed by atoms with van der Waals surface area (Å²) in [4.78, 5) is 27.5. The summed E-state index contributed by atoms with van der Waals surface area (Å²) in [5.74, 6) is -0.941. The van der Waals surface area contributed by atoms with E-state index < -0.39 is 17.9 Å². The Kier molecular flexibility index (Phi) is 7.93. The van der Waals surface area contributed by atoms with Crippen LogP contribution in [0.2, 0.25) is 10.0 Å². The molecule has 1 aliphatic heterocycles. The second-order valence-electron chi connectivity index (χ2n) is 7.84. The summed E-state index contributed by atoms with van der Waals surface area (Å²) < 4.78 is 0. The van der Waals surface area contributed by atoms with Crippen LogP contribution in [0.5, 0.6) is 0 Å². The van der Waals surface area contributed by atoms with Crippen LogP contribution in [0.25, 0.3) is 0 Å². The SMILES string of the molecule is CC(C)C(NC(=O)c1ccc(Cl)c(Cl)c1)C(=O)NN=Cc1ccc(N2CCCC2)cc1. The Hall–Kier alpha value is -2.57. The first kappa shape index (κ1) is 23.1. The van der Waals surface area contributed by atoms with E-state index >= 15 is 0 Å². The lowest BCUT2D eigenvalue weighted by Crippen LogP contribution is -2.48. The summed E-state index contributed by atoms with van der Waals surface area (Å²) in [5.41, 5.74) is 4.92. The van der Waals surface area contributed by atoms with Gasteiger partial charge in [-0.1, -0.05) is 49.2 Å². The molecule has 0 radical (unpaired) electrons. The highest BCUT2D eigenvalue weighted by Crippen LogP contribution is 2.23. The molecule has 164 valence electrons.